The number of hydrogen-bond acceptors (Lipinski definition) is 9. The third kappa shape index (κ3) is 19.8. The van der Waals surface area contributed by atoms with E-state index in [1.807, 2.05) is 109 Å². The van der Waals surface area contributed by atoms with E-state index in [2.05, 4.69) is 89.3 Å². The van der Waals surface area contributed by atoms with Crippen LogP contribution in [0.4, 0.5) is 0 Å². The molecule has 0 aromatic heterocycles. The van der Waals surface area contributed by atoms with Crippen LogP contribution in [0.2, 0.25) is 0 Å². The van der Waals surface area contributed by atoms with E-state index in [-0.39, 0.29) is 39.6 Å². The smallest absolute Gasteiger partial charge is 0.0991 e. The zero-order valence-corrected chi connectivity index (χ0v) is 44.9. The Kier molecular flexibility index (Phi) is 23.8. The molecule has 81 heavy (non-hydrogen) atoms. The van der Waals surface area contributed by atoms with Crippen LogP contribution in [0.3, 0.4) is 0 Å². The average molecular weight is 1060 g/mol. The predicted molar refractivity (Wildman–Crippen MR) is 313 cm³/mol. The third-order valence-corrected chi connectivity index (χ3v) is 12.2. The molecule has 0 spiro atoms. The number of nitrogens with zero attached hydrogens (tertiary/aromatic N) is 3. The number of aliphatic hydroxyl groups is 3. The van der Waals surface area contributed by atoms with Gasteiger partial charge in [0.1, 0.15) is 0 Å². The molecule has 9 nitrogen and oxygen atoms in total. The maximum atomic E-state index is 9.36. The summed E-state index contributed by atoms with van der Waals surface area (Å²) in [6.07, 6.45) is 4.04. The molecule has 7 rings (SSSR count). The number of rotatable bonds is 18. The molecule has 7 aromatic carbocycles. The van der Waals surface area contributed by atoms with Gasteiger partial charge in [-0.15, -0.1) is 0 Å². The van der Waals surface area contributed by atoms with Gasteiger partial charge < -0.3 is 29.5 Å². The van der Waals surface area contributed by atoms with E-state index in [1.165, 1.54) is 0 Å². The van der Waals surface area contributed by atoms with Crippen LogP contribution < -0.4 is 0 Å². The van der Waals surface area contributed by atoms with Crippen LogP contribution in [-0.2, 0) is 34.0 Å². The van der Waals surface area contributed by atoms with Crippen molar-refractivity contribution >= 4 is 0 Å². The Labute approximate surface area is 476 Å². The molecule has 0 atom stereocenters. The lowest BCUT2D eigenvalue weighted by atomic mass is 10.0. The normalized spacial score (nSPS) is 9.93. The van der Waals surface area contributed by atoms with E-state index in [4.69, 9.17) is 14.2 Å². The molecule has 3 N–H and O–H groups in total. The first-order chi connectivity index (χ1) is 39.8. The highest BCUT2D eigenvalue weighted by atomic mass is 16.5. The molecule has 9 heteroatoms. The van der Waals surface area contributed by atoms with Crippen molar-refractivity contribution in [3.8, 4) is 89.3 Å². The highest BCUT2D eigenvalue weighted by molar-refractivity contribution is 5.59. The first kappa shape index (κ1) is 58.8. The fraction of sp³-hybridized carbons (Fsp3) is 0.208. The number of aliphatic hydroxyl groups excluding tert-OH is 3. The van der Waals surface area contributed by atoms with Gasteiger partial charge in [0, 0.05) is 106 Å². The minimum atomic E-state index is 0.0900. The molecule has 0 aliphatic rings. The van der Waals surface area contributed by atoms with Crippen molar-refractivity contribution in [1.29, 1.82) is 15.8 Å². The number of benzene rings is 7. The number of unbranched alkanes of at least 4 members (excludes halogenated alkanes) is 3. The second-order valence-electron chi connectivity index (χ2n) is 18.4. The quantitative estimate of drug-likeness (QED) is 0.0562. The van der Waals surface area contributed by atoms with E-state index < -0.39 is 0 Å². The molecule has 0 unspecified atom stereocenters. The van der Waals surface area contributed by atoms with Gasteiger partial charge in [0.05, 0.1) is 54.7 Å². The summed E-state index contributed by atoms with van der Waals surface area (Å²) in [7, 11) is 0. The van der Waals surface area contributed by atoms with E-state index in [0.717, 1.165) is 66.8 Å². The molecule has 0 radical (unpaired) electrons. The molecule has 396 valence electrons. The summed E-state index contributed by atoms with van der Waals surface area (Å²) in [6, 6.07) is 51.1. The molecular weight excluding hydrogens is 1000 g/mol. The molecule has 0 amide bonds. The molecule has 0 saturated carbocycles. The van der Waals surface area contributed by atoms with Crippen LogP contribution >= 0.6 is 0 Å². The van der Waals surface area contributed by atoms with Gasteiger partial charge >= 0.3 is 0 Å². The molecule has 0 saturated heterocycles. The molecule has 0 fully saturated rings. The average Bonchev–Trinajstić information content (AvgIpc) is 3.50. The van der Waals surface area contributed by atoms with Gasteiger partial charge in [-0.25, -0.2) is 0 Å². The molecule has 0 bridgehead atoms. The van der Waals surface area contributed by atoms with Crippen molar-refractivity contribution in [2.24, 2.45) is 0 Å². The van der Waals surface area contributed by atoms with Gasteiger partial charge in [0.2, 0.25) is 0 Å². The Hall–Kier alpha value is -9.87. The van der Waals surface area contributed by atoms with Crippen LogP contribution in [0.5, 0.6) is 0 Å². The SMILES string of the molecule is N#Cc1ccc(C#Cc2ccc(C#Cc3cc(C#Cc4ccc(C#Cc5ccc(C#N)cc5)cc4COCCCCO)cc(C#Cc4ccc(C#Cc5ccc(C#N)cc5)cc4COCCCCO)c3)c(COCCCCO)c2)cc1. The van der Waals surface area contributed by atoms with E-state index in [1.54, 1.807) is 36.4 Å². The van der Waals surface area contributed by atoms with Crippen molar-refractivity contribution in [1.82, 2.24) is 0 Å². The van der Waals surface area contributed by atoms with Crippen LogP contribution in [0.1, 0.15) is 139 Å². The molecule has 0 aliphatic heterocycles. The molecule has 7 aromatic rings. The monoisotopic (exact) mass is 1060 g/mol. The summed E-state index contributed by atoms with van der Waals surface area (Å²) < 4.78 is 18.2. The van der Waals surface area contributed by atoms with Crippen molar-refractivity contribution in [3.05, 3.63) is 246 Å². The summed E-state index contributed by atoms with van der Waals surface area (Å²) >= 11 is 0. The zero-order valence-electron chi connectivity index (χ0n) is 44.9. The third-order valence-electron chi connectivity index (χ3n) is 12.2. The second-order valence-corrected chi connectivity index (χ2v) is 18.4. The van der Waals surface area contributed by atoms with Gasteiger partial charge in [0.15, 0.2) is 0 Å². The van der Waals surface area contributed by atoms with Crippen LogP contribution in [0, 0.1) is 105 Å². The van der Waals surface area contributed by atoms with Gasteiger partial charge in [-0.2, -0.15) is 15.8 Å². The maximum absolute atomic E-state index is 9.36. The van der Waals surface area contributed by atoms with Gasteiger partial charge in [0.25, 0.3) is 0 Å². The van der Waals surface area contributed by atoms with Crippen LogP contribution in [-0.4, -0.2) is 55.0 Å². The summed E-state index contributed by atoms with van der Waals surface area (Å²) in [5.41, 5.74) is 13.2. The summed E-state index contributed by atoms with van der Waals surface area (Å²) in [5.74, 6) is 39.7. The largest absolute Gasteiger partial charge is 0.396 e. The zero-order chi connectivity index (χ0) is 56.7. The predicted octanol–water partition coefficient (Wildman–Crippen LogP) is 10.6. The Bertz CT molecular complexity index is 3410. The van der Waals surface area contributed by atoms with Crippen LogP contribution in [0.15, 0.2) is 146 Å². The van der Waals surface area contributed by atoms with E-state index in [9.17, 15) is 31.1 Å². The minimum Gasteiger partial charge on any atom is -0.396 e. The summed E-state index contributed by atoms with van der Waals surface area (Å²) in [5, 5.41) is 55.8. The Morgan fingerprint density at radius 1 is 0.259 bits per heavy atom. The van der Waals surface area contributed by atoms with Crippen molar-refractivity contribution in [2.75, 3.05) is 39.6 Å². The minimum absolute atomic E-state index is 0.0900. The lowest BCUT2D eigenvalue weighted by Crippen LogP contribution is -2.00. The topological polar surface area (TPSA) is 160 Å². The fourth-order valence-electron chi connectivity index (χ4n) is 7.81. The van der Waals surface area contributed by atoms with Gasteiger partial charge in [-0.1, -0.05) is 71.0 Å². The van der Waals surface area contributed by atoms with Crippen molar-refractivity contribution in [2.45, 2.75) is 58.3 Å². The number of nitriles is 3. The second kappa shape index (κ2) is 32.8. The first-order valence-electron chi connectivity index (χ1n) is 26.6. The Balaban J connectivity index is 1.28. The van der Waals surface area contributed by atoms with Gasteiger partial charge in [-0.3, -0.25) is 0 Å². The van der Waals surface area contributed by atoms with E-state index >= 15 is 0 Å². The van der Waals surface area contributed by atoms with Crippen molar-refractivity contribution in [3.63, 3.8) is 0 Å². The lowest BCUT2D eigenvalue weighted by Gasteiger charge is -2.08. The summed E-state index contributed by atoms with van der Waals surface area (Å²) in [4.78, 5) is 0. The van der Waals surface area contributed by atoms with Gasteiger partial charge in [-0.05, 0) is 201 Å². The number of ether oxygens (including phenoxy) is 3. The number of hydrogen-bond donors (Lipinski definition) is 3. The standard InChI is InChI=1S/C72H57N3O6/c73-49-61-19-10-55(11-20-61)7-16-58-25-31-67(70(46-58)52-79-40-4-1-37-76)34-28-64-43-65(29-35-68-32-26-59(47-71(68)53-80-41-5-2-38-77)17-8-56-12-21-62(50-74)22-13-56)45-66(44-64)30-36-69-33-27-60(48-72(69)54-81-42-6-3-39-78)18-9-57-14-23-63(51-75)24-15-57/h10-15,19-27,31-33,43-48,76-78H,1-6,37-42,52-54H2. The van der Waals surface area contributed by atoms with Crippen LogP contribution in [0.25, 0.3) is 0 Å². The Morgan fingerprint density at radius 2 is 0.494 bits per heavy atom. The van der Waals surface area contributed by atoms with Crippen molar-refractivity contribution < 1.29 is 29.5 Å². The first-order valence-corrected chi connectivity index (χ1v) is 26.6. The highest BCUT2D eigenvalue weighted by Gasteiger charge is 2.08. The molecule has 0 aliphatic carbocycles. The lowest BCUT2D eigenvalue weighted by molar-refractivity contribution is 0.112. The molecule has 0 heterocycles. The maximum Gasteiger partial charge on any atom is 0.0991 e. The fourth-order valence-corrected chi connectivity index (χ4v) is 7.81. The summed E-state index contributed by atoms with van der Waals surface area (Å²) in [6.45, 7) is 2.52. The van der Waals surface area contributed by atoms with E-state index in [0.29, 0.717) is 91.7 Å². The molecular formula is C72H57N3O6. The highest BCUT2D eigenvalue weighted by Crippen LogP contribution is 2.19. The Morgan fingerprint density at radius 3 is 0.753 bits per heavy atom.